The van der Waals surface area contributed by atoms with E-state index in [0.29, 0.717) is 0 Å². The molecule has 0 aliphatic carbocycles. The van der Waals surface area contributed by atoms with E-state index in [0.717, 1.165) is 49.9 Å². The fraction of sp³-hybridized carbons (Fsp3) is 0.154. The summed E-state index contributed by atoms with van der Waals surface area (Å²) in [5.41, 5.74) is 7.03. The van der Waals surface area contributed by atoms with Gasteiger partial charge in [0.15, 0.2) is 0 Å². The first kappa shape index (κ1) is 20.0. The molecule has 0 saturated heterocycles. The summed E-state index contributed by atoms with van der Waals surface area (Å²) >= 11 is 0. The Labute approximate surface area is 184 Å². The molecule has 2 heterocycles. The van der Waals surface area contributed by atoms with Gasteiger partial charge in [-0.15, -0.1) is 0 Å². The van der Waals surface area contributed by atoms with Crippen molar-refractivity contribution in [2.75, 3.05) is 0 Å². The van der Waals surface area contributed by atoms with Gasteiger partial charge in [0, 0.05) is 27.7 Å². The van der Waals surface area contributed by atoms with Crippen LogP contribution in [-0.2, 0) is 0 Å². The third-order valence-electron chi connectivity index (χ3n) is 5.94. The Bertz CT molecular complexity index is 1490. The van der Waals surface area contributed by atoms with E-state index in [1.807, 2.05) is 13.0 Å². The van der Waals surface area contributed by atoms with Crippen molar-refractivity contribution >= 4 is 27.8 Å². The minimum Gasteiger partial charge on any atom is -0.478 e. The molecule has 0 amide bonds. The van der Waals surface area contributed by atoms with E-state index in [9.17, 15) is 14.3 Å². The number of rotatable bonds is 4. The minimum absolute atomic E-state index is 0.150. The van der Waals surface area contributed by atoms with Crippen LogP contribution in [0.3, 0.4) is 0 Å². The van der Waals surface area contributed by atoms with Gasteiger partial charge in [-0.1, -0.05) is 19.9 Å². The number of aryl methyl sites for hydroxylation is 1. The van der Waals surface area contributed by atoms with Crippen molar-refractivity contribution in [2.45, 2.75) is 26.7 Å². The average molecular weight is 427 g/mol. The smallest absolute Gasteiger partial charge is 0.335 e. The zero-order valence-electron chi connectivity index (χ0n) is 18.0. The third kappa shape index (κ3) is 3.07. The summed E-state index contributed by atoms with van der Waals surface area (Å²) in [4.78, 5) is 11.5. The summed E-state index contributed by atoms with van der Waals surface area (Å²) < 4.78 is 15.9. The lowest BCUT2D eigenvalue weighted by atomic mass is 9.92. The van der Waals surface area contributed by atoms with Gasteiger partial charge in [-0.3, -0.25) is 5.10 Å². The Kier molecular flexibility index (Phi) is 4.59. The predicted octanol–water partition coefficient (Wildman–Crippen LogP) is 6.44. The number of nitrogens with one attached hydrogen (secondary N) is 1. The number of carboxylic acid groups (broad SMARTS) is 1. The lowest BCUT2D eigenvalue weighted by molar-refractivity contribution is 0.0697. The highest BCUT2D eigenvalue weighted by Crippen LogP contribution is 2.43. The SMILES string of the molecule is Cc1cc(C(=O)O)ccc1-c1c(C(C)C)n(-c2ccc(F)cc2)c2cc3cn[nH]c3cc12. The standard InChI is InChI=1S/C26H22FN3O2/c1-14(2)25-24(20-9-4-16(26(31)32)10-15(20)3)21-12-22-17(13-28-29-22)11-23(21)30(25)19-7-5-18(27)6-8-19/h4-14H,1-3H3,(H,28,29)(H,31,32). The molecule has 32 heavy (non-hydrogen) atoms. The van der Waals surface area contributed by atoms with Crippen LogP contribution >= 0.6 is 0 Å². The van der Waals surface area contributed by atoms with E-state index < -0.39 is 5.97 Å². The molecular formula is C26H22FN3O2. The highest BCUT2D eigenvalue weighted by atomic mass is 19.1. The molecule has 160 valence electrons. The zero-order chi connectivity index (χ0) is 22.6. The molecule has 0 radical (unpaired) electrons. The van der Waals surface area contributed by atoms with Crippen LogP contribution in [0.4, 0.5) is 4.39 Å². The Morgan fingerprint density at radius 1 is 1.09 bits per heavy atom. The molecule has 0 aliphatic heterocycles. The maximum absolute atomic E-state index is 13.7. The fourth-order valence-electron chi connectivity index (χ4n) is 4.52. The Balaban J connectivity index is 1.93. The molecule has 0 unspecified atom stereocenters. The molecule has 0 saturated carbocycles. The summed E-state index contributed by atoms with van der Waals surface area (Å²) in [6.07, 6.45) is 1.79. The second kappa shape index (κ2) is 7.34. The van der Waals surface area contributed by atoms with E-state index in [-0.39, 0.29) is 17.3 Å². The van der Waals surface area contributed by atoms with E-state index in [2.05, 4.69) is 40.7 Å². The highest BCUT2D eigenvalue weighted by Gasteiger charge is 2.24. The molecular weight excluding hydrogens is 405 g/mol. The lowest BCUT2D eigenvalue weighted by Crippen LogP contribution is -2.04. The molecule has 0 spiro atoms. The number of nitrogens with zero attached hydrogens (tertiary/aromatic N) is 2. The monoisotopic (exact) mass is 427 g/mol. The summed E-state index contributed by atoms with van der Waals surface area (Å²) in [5.74, 6) is -1.08. The van der Waals surface area contributed by atoms with Gasteiger partial charge in [-0.2, -0.15) is 5.10 Å². The summed E-state index contributed by atoms with van der Waals surface area (Å²) in [7, 11) is 0. The van der Waals surface area contributed by atoms with Crippen molar-refractivity contribution < 1.29 is 14.3 Å². The number of fused-ring (bicyclic) bond motifs is 2. The second-order valence-corrected chi connectivity index (χ2v) is 8.39. The number of benzene rings is 3. The number of aromatic carboxylic acids is 1. The fourth-order valence-corrected chi connectivity index (χ4v) is 4.52. The van der Waals surface area contributed by atoms with Gasteiger partial charge >= 0.3 is 5.97 Å². The molecule has 5 rings (SSSR count). The van der Waals surface area contributed by atoms with Crippen LogP contribution in [0, 0.1) is 12.7 Å². The third-order valence-corrected chi connectivity index (χ3v) is 5.94. The Hall–Kier alpha value is -3.93. The van der Waals surface area contributed by atoms with Crippen molar-refractivity contribution in [1.29, 1.82) is 0 Å². The molecule has 2 N–H and O–H groups in total. The summed E-state index contributed by atoms with van der Waals surface area (Å²) in [5, 5.41) is 18.6. The van der Waals surface area contributed by atoms with Crippen LogP contribution in [0.1, 0.15) is 41.4 Å². The topological polar surface area (TPSA) is 70.9 Å². The molecule has 0 fully saturated rings. The maximum atomic E-state index is 13.7. The van der Waals surface area contributed by atoms with Gasteiger partial charge in [-0.25, -0.2) is 9.18 Å². The first-order valence-electron chi connectivity index (χ1n) is 10.5. The average Bonchev–Trinajstić information content (AvgIpc) is 3.34. The van der Waals surface area contributed by atoms with Crippen molar-refractivity contribution in [3.63, 3.8) is 0 Å². The molecule has 5 nitrogen and oxygen atoms in total. The number of carbonyl (C=O) groups is 1. The quantitative estimate of drug-likeness (QED) is 0.347. The molecule has 0 aliphatic rings. The molecule has 3 aromatic carbocycles. The number of aromatic nitrogens is 3. The molecule has 2 aromatic heterocycles. The second-order valence-electron chi connectivity index (χ2n) is 8.39. The molecule has 6 heteroatoms. The van der Waals surface area contributed by atoms with Crippen molar-refractivity contribution in [2.24, 2.45) is 0 Å². The van der Waals surface area contributed by atoms with Crippen molar-refractivity contribution in [3.05, 3.63) is 83.4 Å². The van der Waals surface area contributed by atoms with Crippen molar-refractivity contribution in [1.82, 2.24) is 14.8 Å². The van der Waals surface area contributed by atoms with Gasteiger partial charge in [0.2, 0.25) is 0 Å². The van der Waals surface area contributed by atoms with E-state index in [1.165, 1.54) is 12.1 Å². The number of hydrogen-bond acceptors (Lipinski definition) is 2. The number of halogens is 1. The van der Waals surface area contributed by atoms with Crippen LogP contribution in [0.15, 0.2) is 60.8 Å². The number of carboxylic acids is 1. The molecule has 0 bridgehead atoms. The largest absolute Gasteiger partial charge is 0.478 e. The summed E-state index contributed by atoms with van der Waals surface area (Å²) in [6, 6.07) is 15.9. The van der Waals surface area contributed by atoms with Crippen molar-refractivity contribution in [3.8, 4) is 16.8 Å². The van der Waals surface area contributed by atoms with Crippen LogP contribution in [0.2, 0.25) is 0 Å². The first-order valence-corrected chi connectivity index (χ1v) is 10.5. The van der Waals surface area contributed by atoms with Gasteiger partial charge in [0.05, 0.1) is 22.8 Å². The summed E-state index contributed by atoms with van der Waals surface area (Å²) in [6.45, 7) is 6.19. The van der Waals surface area contributed by atoms with Gasteiger partial charge in [0.25, 0.3) is 0 Å². The van der Waals surface area contributed by atoms with Gasteiger partial charge in [-0.05, 0) is 72.5 Å². The highest BCUT2D eigenvalue weighted by molar-refractivity contribution is 6.06. The van der Waals surface area contributed by atoms with E-state index >= 15 is 0 Å². The number of hydrogen-bond donors (Lipinski definition) is 2. The van der Waals surface area contributed by atoms with Crippen LogP contribution in [0.5, 0.6) is 0 Å². The Morgan fingerprint density at radius 2 is 1.84 bits per heavy atom. The van der Waals surface area contributed by atoms with E-state index in [4.69, 9.17) is 0 Å². The zero-order valence-corrected chi connectivity index (χ0v) is 18.0. The predicted molar refractivity (Wildman–Crippen MR) is 124 cm³/mol. The number of H-pyrrole nitrogens is 1. The molecule has 5 aromatic rings. The van der Waals surface area contributed by atoms with Gasteiger partial charge < -0.3 is 9.67 Å². The van der Waals surface area contributed by atoms with Crippen LogP contribution in [-0.4, -0.2) is 25.8 Å². The lowest BCUT2D eigenvalue weighted by Gasteiger charge is -2.17. The van der Waals surface area contributed by atoms with E-state index in [1.54, 1.807) is 30.5 Å². The minimum atomic E-state index is -0.948. The normalized spacial score (nSPS) is 11.7. The number of aromatic amines is 1. The maximum Gasteiger partial charge on any atom is 0.335 e. The first-order chi connectivity index (χ1) is 15.3. The Morgan fingerprint density at radius 3 is 2.50 bits per heavy atom. The van der Waals surface area contributed by atoms with Crippen LogP contribution < -0.4 is 0 Å². The van der Waals surface area contributed by atoms with Crippen LogP contribution in [0.25, 0.3) is 38.6 Å². The molecule has 0 atom stereocenters. The van der Waals surface area contributed by atoms with Gasteiger partial charge in [0.1, 0.15) is 5.82 Å².